The number of nitrogens with one attached hydrogen (secondary N) is 1. The van der Waals surface area contributed by atoms with Crippen molar-refractivity contribution in [3.05, 3.63) is 0 Å². The fourth-order valence-electron chi connectivity index (χ4n) is 3.35. The van der Waals surface area contributed by atoms with E-state index in [1.807, 2.05) is 13.8 Å². The predicted molar refractivity (Wildman–Crippen MR) is 80.3 cm³/mol. The zero-order valence-corrected chi connectivity index (χ0v) is 13.9. The molecule has 7 heteroatoms. The van der Waals surface area contributed by atoms with Crippen LogP contribution >= 0.6 is 0 Å². The number of sulfonamides is 1. The van der Waals surface area contributed by atoms with Gasteiger partial charge in [-0.3, -0.25) is 4.79 Å². The maximum absolute atomic E-state index is 12.5. The largest absolute Gasteiger partial charge is 0.381 e. The molecule has 1 atom stereocenters. The summed E-state index contributed by atoms with van der Waals surface area (Å²) < 4.78 is 31.3. The van der Waals surface area contributed by atoms with E-state index >= 15 is 0 Å². The molecule has 2 aliphatic rings. The maximum Gasteiger partial charge on any atom is 0.225 e. The van der Waals surface area contributed by atoms with Crippen LogP contribution in [0, 0.1) is 11.3 Å². The Hall–Kier alpha value is -0.660. The summed E-state index contributed by atoms with van der Waals surface area (Å²) in [6.07, 6.45) is 1.50. The molecule has 0 aromatic heterocycles. The van der Waals surface area contributed by atoms with Crippen molar-refractivity contribution in [1.29, 1.82) is 0 Å². The molecule has 0 saturated carbocycles. The molecule has 21 heavy (non-hydrogen) atoms. The third-order valence-corrected chi connectivity index (χ3v) is 6.41. The molecular formula is C14H26N2O4S. The minimum atomic E-state index is -3.26. The first-order chi connectivity index (χ1) is 9.81. The Morgan fingerprint density at radius 1 is 1.38 bits per heavy atom. The third kappa shape index (κ3) is 3.40. The Bertz CT molecular complexity index is 483. The van der Waals surface area contributed by atoms with Crippen molar-refractivity contribution in [3.63, 3.8) is 0 Å². The quantitative estimate of drug-likeness (QED) is 0.823. The van der Waals surface area contributed by atoms with Crippen molar-refractivity contribution in [2.75, 3.05) is 32.1 Å². The number of ether oxygens (including phenoxy) is 1. The molecule has 122 valence electrons. The lowest BCUT2D eigenvalue weighted by Crippen LogP contribution is -2.46. The highest BCUT2D eigenvalue weighted by molar-refractivity contribution is 7.89. The van der Waals surface area contributed by atoms with Gasteiger partial charge in [0.05, 0.1) is 11.7 Å². The van der Waals surface area contributed by atoms with E-state index in [1.165, 1.54) is 4.31 Å². The van der Waals surface area contributed by atoms with Crippen LogP contribution < -0.4 is 5.32 Å². The first-order valence-electron chi connectivity index (χ1n) is 7.67. The SMILES string of the molecule is CCS(=O)(=O)N1C[C@@H](C(=O)NC(C)C)C2(CCOCC2)C1. The van der Waals surface area contributed by atoms with Crippen LogP contribution in [0.5, 0.6) is 0 Å². The molecule has 0 aromatic carbocycles. The van der Waals surface area contributed by atoms with Crippen molar-refractivity contribution < 1.29 is 17.9 Å². The number of carbonyl (C=O) groups excluding carboxylic acids is 1. The van der Waals surface area contributed by atoms with Gasteiger partial charge in [-0.25, -0.2) is 12.7 Å². The average molecular weight is 318 g/mol. The van der Waals surface area contributed by atoms with Crippen LogP contribution in [0.4, 0.5) is 0 Å². The summed E-state index contributed by atoms with van der Waals surface area (Å²) in [5, 5.41) is 2.95. The van der Waals surface area contributed by atoms with Gasteiger partial charge in [-0.1, -0.05) is 0 Å². The molecule has 1 N–H and O–H groups in total. The fraction of sp³-hybridized carbons (Fsp3) is 0.929. The minimum Gasteiger partial charge on any atom is -0.381 e. The Labute approximate surface area is 127 Å². The number of hydrogen-bond donors (Lipinski definition) is 1. The van der Waals surface area contributed by atoms with Gasteiger partial charge in [-0.2, -0.15) is 0 Å². The molecular weight excluding hydrogens is 292 g/mol. The Morgan fingerprint density at radius 3 is 2.52 bits per heavy atom. The number of rotatable bonds is 4. The maximum atomic E-state index is 12.5. The third-order valence-electron chi connectivity index (χ3n) is 4.61. The van der Waals surface area contributed by atoms with Gasteiger partial charge < -0.3 is 10.1 Å². The normalized spacial score (nSPS) is 26.4. The molecule has 0 radical (unpaired) electrons. The second-order valence-corrected chi connectivity index (χ2v) is 8.64. The van der Waals surface area contributed by atoms with E-state index in [0.717, 1.165) is 12.8 Å². The molecule has 0 bridgehead atoms. The molecule has 6 nitrogen and oxygen atoms in total. The van der Waals surface area contributed by atoms with Gasteiger partial charge in [-0.05, 0) is 33.6 Å². The summed E-state index contributed by atoms with van der Waals surface area (Å²) in [4.78, 5) is 12.5. The monoisotopic (exact) mass is 318 g/mol. The van der Waals surface area contributed by atoms with E-state index in [-0.39, 0.29) is 29.0 Å². The van der Waals surface area contributed by atoms with Gasteiger partial charge in [0.2, 0.25) is 15.9 Å². The van der Waals surface area contributed by atoms with Gasteiger partial charge in [0.25, 0.3) is 0 Å². The molecule has 1 amide bonds. The standard InChI is InChI=1S/C14H26N2O4S/c1-4-21(18,19)16-9-12(13(17)15-11(2)3)14(10-16)5-7-20-8-6-14/h11-12H,4-10H2,1-3H3,(H,15,17)/t12-/m0/s1. The number of carbonyl (C=O) groups is 1. The molecule has 2 heterocycles. The molecule has 0 aliphatic carbocycles. The predicted octanol–water partition coefficient (Wildman–Crippen LogP) is 0.589. The van der Waals surface area contributed by atoms with E-state index < -0.39 is 10.0 Å². The summed E-state index contributed by atoms with van der Waals surface area (Å²) in [7, 11) is -3.26. The smallest absolute Gasteiger partial charge is 0.225 e. The van der Waals surface area contributed by atoms with Gasteiger partial charge in [-0.15, -0.1) is 0 Å². The molecule has 2 saturated heterocycles. The second kappa shape index (κ2) is 6.22. The average Bonchev–Trinajstić information content (AvgIpc) is 2.79. The first-order valence-corrected chi connectivity index (χ1v) is 9.27. The summed E-state index contributed by atoms with van der Waals surface area (Å²) in [5.41, 5.74) is -0.264. The first kappa shape index (κ1) is 16.7. The highest BCUT2D eigenvalue weighted by Gasteiger charge is 2.52. The molecule has 2 aliphatic heterocycles. The molecule has 2 rings (SSSR count). The zero-order valence-electron chi connectivity index (χ0n) is 13.1. The lowest BCUT2D eigenvalue weighted by molar-refractivity contribution is -0.130. The molecule has 1 spiro atoms. The number of amides is 1. The van der Waals surface area contributed by atoms with E-state index in [2.05, 4.69) is 5.32 Å². The number of nitrogens with zero attached hydrogens (tertiary/aromatic N) is 1. The van der Waals surface area contributed by atoms with Crippen molar-refractivity contribution in [3.8, 4) is 0 Å². The van der Waals surface area contributed by atoms with Crippen molar-refractivity contribution in [2.45, 2.75) is 39.7 Å². The Balaban J connectivity index is 2.24. The van der Waals surface area contributed by atoms with Crippen molar-refractivity contribution in [1.82, 2.24) is 9.62 Å². The van der Waals surface area contributed by atoms with E-state index in [0.29, 0.717) is 26.3 Å². The lowest BCUT2D eigenvalue weighted by Gasteiger charge is -2.37. The van der Waals surface area contributed by atoms with E-state index in [1.54, 1.807) is 6.92 Å². The Morgan fingerprint density at radius 2 is 2.00 bits per heavy atom. The van der Waals surface area contributed by atoms with Crippen LogP contribution in [0.15, 0.2) is 0 Å². The topological polar surface area (TPSA) is 75.7 Å². The van der Waals surface area contributed by atoms with Gasteiger partial charge in [0.1, 0.15) is 0 Å². The van der Waals surface area contributed by atoms with Gasteiger partial charge >= 0.3 is 0 Å². The summed E-state index contributed by atoms with van der Waals surface area (Å²) in [6.45, 7) is 7.44. The van der Waals surface area contributed by atoms with E-state index in [9.17, 15) is 13.2 Å². The highest BCUT2D eigenvalue weighted by atomic mass is 32.2. The fourth-order valence-corrected chi connectivity index (χ4v) is 4.54. The van der Waals surface area contributed by atoms with Crippen LogP contribution in [-0.2, 0) is 19.6 Å². The summed E-state index contributed by atoms with van der Waals surface area (Å²) >= 11 is 0. The van der Waals surface area contributed by atoms with Crippen LogP contribution in [-0.4, -0.2) is 56.7 Å². The summed E-state index contributed by atoms with van der Waals surface area (Å²) in [6, 6.07) is 0.0613. The van der Waals surface area contributed by atoms with Crippen LogP contribution in [0.2, 0.25) is 0 Å². The molecule has 0 unspecified atom stereocenters. The van der Waals surface area contributed by atoms with Gasteiger partial charge in [0, 0.05) is 37.8 Å². The molecule has 2 fully saturated rings. The number of hydrogen-bond acceptors (Lipinski definition) is 4. The van der Waals surface area contributed by atoms with E-state index in [4.69, 9.17) is 4.74 Å². The van der Waals surface area contributed by atoms with Crippen LogP contribution in [0.3, 0.4) is 0 Å². The highest BCUT2D eigenvalue weighted by Crippen LogP contribution is 2.45. The second-order valence-electron chi connectivity index (χ2n) is 6.38. The van der Waals surface area contributed by atoms with Crippen LogP contribution in [0.1, 0.15) is 33.6 Å². The zero-order chi connectivity index (χ0) is 15.7. The minimum absolute atomic E-state index is 0.0271. The van der Waals surface area contributed by atoms with Gasteiger partial charge in [0.15, 0.2) is 0 Å². The summed E-state index contributed by atoms with van der Waals surface area (Å²) in [5.74, 6) is -0.219. The van der Waals surface area contributed by atoms with Crippen molar-refractivity contribution in [2.24, 2.45) is 11.3 Å². The Kier molecular flexibility index (Phi) is 4.95. The van der Waals surface area contributed by atoms with Crippen molar-refractivity contribution >= 4 is 15.9 Å². The molecule has 0 aromatic rings. The lowest BCUT2D eigenvalue weighted by atomic mass is 9.71. The van der Waals surface area contributed by atoms with Crippen LogP contribution in [0.25, 0.3) is 0 Å².